The summed E-state index contributed by atoms with van der Waals surface area (Å²) in [6.07, 6.45) is 0. The second-order valence-electron chi connectivity index (χ2n) is 4.13. The first kappa shape index (κ1) is 12.7. The van der Waals surface area contributed by atoms with Crippen LogP contribution in [0.4, 0.5) is 5.69 Å². The van der Waals surface area contributed by atoms with E-state index in [1.54, 1.807) is 0 Å². The van der Waals surface area contributed by atoms with Crippen LogP contribution in [0.2, 0.25) is 0 Å². The molecular weight excluding hydrogens is 245 g/mol. The summed E-state index contributed by atoms with van der Waals surface area (Å²) in [7, 11) is -2.33. The van der Waals surface area contributed by atoms with E-state index in [-0.39, 0.29) is 0 Å². The van der Waals surface area contributed by atoms with Gasteiger partial charge in [-0.25, -0.2) is 0 Å². The Hall–Kier alpha value is -1.70. The van der Waals surface area contributed by atoms with E-state index in [1.165, 1.54) is 0 Å². The molecule has 0 aliphatic carbocycles. The topological polar surface area (TPSA) is 49.3 Å². The van der Waals surface area contributed by atoms with Gasteiger partial charge < -0.3 is 5.32 Å². The van der Waals surface area contributed by atoms with Crippen molar-refractivity contribution in [1.29, 1.82) is 0 Å². The monoisotopic (exact) mass is 260 g/mol. The quantitative estimate of drug-likeness (QED) is 0.821. The molecule has 0 aromatic heterocycles. The Morgan fingerprint density at radius 1 is 1.06 bits per heavy atom. The molecule has 2 N–H and O–H groups in total. The Labute approximate surface area is 107 Å². The molecule has 2 aromatic carbocycles. The van der Waals surface area contributed by atoms with E-state index in [0.717, 1.165) is 16.8 Å². The van der Waals surface area contributed by atoms with Gasteiger partial charge >= 0.3 is 8.03 Å². The number of rotatable bonds is 4. The zero-order valence-corrected chi connectivity index (χ0v) is 11.0. The standard InChI is InChI=1S/C14H14NO2P/c1-11-7-9-12(10-8-11)14(18(16)17)15-13-5-3-2-4-6-13/h2-10,14-15H,1H3/p+1. The van der Waals surface area contributed by atoms with E-state index < -0.39 is 13.8 Å². The van der Waals surface area contributed by atoms with Crippen LogP contribution in [0.25, 0.3) is 0 Å². The second-order valence-corrected chi connectivity index (χ2v) is 5.25. The molecule has 0 aliphatic rings. The molecule has 4 heteroatoms. The highest BCUT2D eigenvalue weighted by Gasteiger charge is 2.30. The van der Waals surface area contributed by atoms with Gasteiger partial charge in [-0.3, -0.25) is 0 Å². The van der Waals surface area contributed by atoms with Gasteiger partial charge in [0, 0.05) is 11.3 Å². The van der Waals surface area contributed by atoms with E-state index in [9.17, 15) is 9.46 Å². The van der Waals surface area contributed by atoms with Crippen molar-refractivity contribution in [2.24, 2.45) is 0 Å². The third-order valence-electron chi connectivity index (χ3n) is 2.69. The zero-order valence-electron chi connectivity index (χ0n) is 10.1. The molecular formula is C14H15NO2P+. The molecule has 2 rings (SSSR count). The molecule has 2 atom stereocenters. The van der Waals surface area contributed by atoms with Crippen molar-refractivity contribution in [3.8, 4) is 0 Å². The Morgan fingerprint density at radius 2 is 1.67 bits per heavy atom. The highest BCUT2D eigenvalue weighted by Crippen LogP contribution is 2.38. The Bertz CT molecular complexity index is 525. The Morgan fingerprint density at radius 3 is 2.22 bits per heavy atom. The zero-order chi connectivity index (χ0) is 13.0. The summed E-state index contributed by atoms with van der Waals surface area (Å²) in [4.78, 5) is 9.44. The van der Waals surface area contributed by atoms with Crippen LogP contribution in [0, 0.1) is 6.92 Å². The molecule has 18 heavy (non-hydrogen) atoms. The van der Waals surface area contributed by atoms with Gasteiger partial charge in [0.15, 0.2) is 0 Å². The first-order valence-corrected chi connectivity index (χ1v) is 6.98. The maximum absolute atomic E-state index is 11.5. The van der Waals surface area contributed by atoms with Crippen molar-refractivity contribution in [3.63, 3.8) is 0 Å². The van der Waals surface area contributed by atoms with E-state index in [1.807, 2.05) is 61.5 Å². The minimum absolute atomic E-state index is 0.581. The SMILES string of the molecule is Cc1ccc(C(Nc2ccccc2)[P+](=O)O)cc1. The van der Waals surface area contributed by atoms with E-state index in [2.05, 4.69) is 5.32 Å². The highest BCUT2D eigenvalue weighted by atomic mass is 31.1. The molecule has 0 aliphatic heterocycles. The van der Waals surface area contributed by atoms with Gasteiger partial charge in [0.1, 0.15) is 0 Å². The predicted octanol–water partition coefficient (Wildman–Crippen LogP) is 3.84. The maximum atomic E-state index is 11.5. The van der Waals surface area contributed by atoms with Gasteiger partial charge in [-0.2, -0.15) is 4.89 Å². The van der Waals surface area contributed by atoms with Crippen molar-refractivity contribution in [1.82, 2.24) is 0 Å². The number of hydrogen-bond donors (Lipinski definition) is 2. The van der Waals surface area contributed by atoms with E-state index in [0.29, 0.717) is 0 Å². The number of nitrogens with one attached hydrogen (secondary N) is 1. The third kappa shape index (κ3) is 3.16. The van der Waals surface area contributed by atoms with Crippen LogP contribution < -0.4 is 5.32 Å². The molecule has 92 valence electrons. The molecule has 2 unspecified atom stereocenters. The molecule has 3 nitrogen and oxygen atoms in total. The maximum Gasteiger partial charge on any atom is 0.535 e. The van der Waals surface area contributed by atoms with E-state index >= 15 is 0 Å². The van der Waals surface area contributed by atoms with Crippen LogP contribution in [-0.4, -0.2) is 4.89 Å². The first-order chi connectivity index (χ1) is 8.66. The number of benzene rings is 2. The van der Waals surface area contributed by atoms with Crippen molar-refractivity contribution in [2.45, 2.75) is 12.7 Å². The summed E-state index contributed by atoms with van der Waals surface area (Å²) in [5, 5.41) is 3.08. The fraction of sp³-hybridized carbons (Fsp3) is 0.143. The molecule has 0 bridgehead atoms. The van der Waals surface area contributed by atoms with Crippen LogP contribution in [0.1, 0.15) is 16.9 Å². The average molecular weight is 260 g/mol. The Balaban J connectivity index is 2.24. The lowest BCUT2D eigenvalue weighted by Crippen LogP contribution is -2.06. The van der Waals surface area contributed by atoms with Crippen LogP contribution in [0.5, 0.6) is 0 Å². The van der Waals surface area contributed by atoms with Crippen LogP contribution >= 0.6 is 8.03 Å². The van der Waals surface area contributed by atoms with Crippen LogP contribution in [-0.2, 0) is 4.57 Å². The van der Waals surface area contributed by atoms with Crippen LogP contribution in [0.3, 0.4) is 0 Å². The van der Waals surface area contributed by atoms with Crippen molar-refractivity contribution >= 4 is 13.7 Å². The van der Waals surface area contributed by atoms with Gasteiger partial charge in [0.05, 0.1) is 0 Å². The fourth-order valence-electron chi connectivity index (χ4n) is 1.71. The number of para-hydroxylation sites is 1. The van der Waals surface area contributed by atoms with Gasteiger partial charge in [-0.05, 0) is 23.6 Å². The summed E-state index contributed by atoms with van der Waals surface area (Å²) in [5.74, 6) is -0.581. The van der Waals surface area contributed by atoms with Crippen molar-refractivity contribution in [3.05, 3.63) is 65.7 Å². The number of hydrogen-bond acceptors (Lipinski definition) is 2. The fourth-order valence-corrected chi connectivity index (χ4v) is 2.39. The minimum Gasteiger partial charge on any atom is -0.336 e. The molecule has 0 amide bonds. The van der Waals surface area contributed by atoms with Gasteiger partial charge in [0.25, 0.3) is 5.78 Å². The lowest BCUT2D eigenvalue weighted by molar-refractivity contribution is 0.494. The van der Waals surface area contributed by atoms with Crippen molar-refractivity contribution in [2.75, 3.05) is 5.32 Å². The summed E-state index contributed by atoms with van der Waals surface area (Å²) in [6.45, 7) is 1.99. The molecule has 0 fully saturated rings. The normalized spacial score (nSPS) is 12.9. The lowest BCUT2D eigenvalue weighted by atomic mass is 10.1. The molecule has 0 radical (unpaired) electrons. The van der Waals surface area contributed by atoms with Gasteiger partial charge in [0.2, 0.25) is 0 Å². The minimum atomic E-state index is -2.33. The molecule has 2 aromatic rings. The number of anilines is 1. The summed E-state index contributed by atoms with van der Waals surface area (Å²) < 4.78 is 11.5. The van der Waals surface area contributed by atoms with E-state index in [4.69, 9.17) is 0 Å². The molecule has 0 heterocycles. The average Bonchev–Trinajstić information content (AvgIpc) is 2.38. The smallest absolute Gasteiger partial charge is 0.336 e. The highest BCUT2D eigenvalue weighted by molar-refractivity contribution is 7.38. The number of aryl methyl sites for hydroxylation is 1. The first-order valence-electron chi connectivity index (χ1n) is 5.70. The summed E-state index contributed by atoms with van der Waals surface area (Å²) >= 11 is 0. The molecule has 0 saturated heterocycles. The van der Waals surface area contributed by atoms with Crippen molar-refractivity contribution < 1.29 is 9.46 Å². The van der Waals surface area contributed by atoms with Gasteiger partial charge in [-0.15, -0.1) is 0 Å². The third-order valence-corrected chi connectivity index (χ3v) is 3.56. The van der Waals surface area contributed by atoms with Gasteiger partial charge in [-0.1, -0.05) is 48.0 Å². The van der Waals surface area contributed by atoms with Crippen LogP contribution in [0.15, 0.2) is 54.6 Å². The molecule has 0 saturated carbocycles. The largest absolute Gasteiger partial charge is 0.535 e. The molecule has 0 spiro atoms. The summed E-state index contributed by atoms with van der Waals surface area (Å²) in [5.41, 5.74) is 2.78. The lowest BCUT2D eigenvalue weighted by Gasteiger charge is -2.09. The Kier molecular flexibility index (Phi) is 4.08. The summed E-state index contributed by atoms with van der Waals surface area (Å²) in [6, 6.07) is 17.1. The second kappa shape index (κ2) is 5.76. The predicted molar refractivity (Wildman–Crippen MR) is 73.8 cm³/mol.